The van der Waals surface area contributed by atoms with Gasteiger partial charge in [0.2, 0.25) is 0 Å². The molecule has 4 atom stereocenters. The fourth-order valence-electron chi connectivity index (χ4n) is 5.08. The maximum Gasteiger partial charge on any atom is 0.508 e. The number of ether oxygens (including phenoxy) is 4. The van der Waals surface area contributed by atoms with Crippen molar-refractivity contribution < 1.29 is 54.5 Å². The van der Waals surface area contributed by atoms with Crippen LogP contribution in [0.2, 0.25) is 0 Å². The molecule has 0 spiro atoms. The van der Waals surface area contributed by atoms with Gasteiger partial charge in [-0.1, -0.05) is 12.1 Å². The van der Waals surface area contributed by atoms with Gasteiger partial charge in [-0.2, -0.15) is 26.3 Å². The number of hydrogen-bond donors (Lipinski definition) is 1. The molecule has 1 aliphatic rings. The van der Waals surface area contributed by atoms with Crippen molar-refractivity contribution in [3.63, 3.8) is 0 Å². The molecule has 46 heavy (non-hydrogen) atoms. The van der Waals surface area contributed by atoms with Crippen molar-refractivity contribution in [3.8, 4) is 0 Å². The molecule has 16 heteroatoms. The molecule has 2 aromatic carbocycles. The molecular weight excluding hydrogens is 631 g/mol. The first-order valence-corrected chi connectivity index (χ1v) is 14.2. The number of alkyl halides is 6. The lowest BCUT2D eigenvalue weighted by atomic mass is 10.0. The van der Waals surface area contributed by atoms with E-state index in [2.05, 4.69) is 4.98 Å². The predicted octanol–water partition coefficient (Wildman–Crippen LogP) is 6.59. The molecule has 1 unspecified atom stereocenters. The van der Waals surface area contributed by atoms with Gasteiger partial charge in [-0.15, -0.1) is 0 Å². The first-order chi connectivity index (χ1) is 21.6. The van der Waals surface area contributed by atoms with E-state index in [9.17, 15) is 40.3 Å². The van der Waals surface area contributed by atoms with Gasteiger partial charge in [-0.25, -0.2) is 14.0 Å². The van der Waals surface area contributed by atoms with Crippen LogP contribution in [0.25, 0.3) is 0 Å². The Kier molecular flexibility index (Phi) is 10.8. The average molecular weight is 664 g/mol. The molecular formula is C30H32F7N3O6. The van der Waals surface area contributed by atoms with Crippen LogP contribution in [0.15, 0.2) is 53.5 Å². The van der Waals surface area contributed by atoms with Crippen molar-refractivity contribution in [2.75, 3.05) is 19.8 Å². The molecule has 1 fully saturated rings. The van der Waals surface area contributed by atoms with Crippen molar-refractivity contribution in [2.45, 2.75) is 70.8 Å². The van der Waals surface area contributed by atoms with Crippen LogP contribution < -0.4 is 5.69 Å². The number of aromatic amines is 1. The summed E-state index contributed by atoms with van der Waals surface area (Å²) in [5, 5.41) is 0. The first-order valence-electron chi connectivity index (χ1n) is 14.2. The Bertz CT molecular complexity index is 1510. The predicted molar refractivity (Wildman–Crippen MR) is 148 cm³/mol. The topological polar surface area (TPSA) is 95.0 Å². The molecule has 9 nitrogen and oxygen atoms in total. The van der Waals surface area contributed by atoms with E-state index in [-0.39, 0.29) is 44.5 Å². The summed E-state index contributed by atoms with van der Waals surface area (Å²) in [6, 6.07) is 5.65. The maximum atomic E-state index is 13.9. The van der Waals surface area contributed by atoms with Gasteiger partial charge in [-0.05, 0) is 62.2 Å². The number of carbonyl (C=O) groups excluding carboxylic acids is 1. The van der Waals surface area contributed by atoms with Crippen molar-refractivity contribution in [2.24, 2.45) is 0 Å². The molecule has 2 heterocycles. The lowest BCUT2D eigenvalue weighted by Gasteiger charge is -2.42. The zero-order chi connectivity index (χ0) is 33.8. The van der Waals surface area contributed by atoms with Gasteiger partial charge in [-0.3, -0.25) is 9.47 Å². The quantitative estimate of drug-likeness (QED) is 0.193. The van der Waals surface area contributed by atoms with E-state index in [0.29, 0.717) is 23.4 Å². The van der Waals surface area contributed by atoms with Crippen LogP contribution in [0.5, 0.6) is 0 Å². The number of imidazole rings is 1. The van der Waals surface area contributed by atoms with E-state index >= 15 is 0 Å². The van der Waals surface area contributed by atoms with Gasteiger partial charge < -0.3 is 23.9 Å². The molecule has 1 N–H and O–H groups in total. The number of aromatic nitrogens is 2. The summed E-state index contributed by atoms with van der Waals surface area (Å²) in [6.45, 7) is 4.92. The number of H-pyrrole nitrogens is 1. The van der Waals surface area contributed by atoms with Crippen molar-refractivity contribution in [3.05, 3.63) is 92.9 Å². The van der Waals surface area contributed by atoms with Crippen LogP contribution in [0.4, 0.5) is 35.5 Å². The first kappa shape index (κ1) is 35.0. The normalized spacial score (nSPS) is 19.1. The van der Waals surface area contributed by atoms with Crippen LogP contribution in [0.3, 0.4) is 0 Å². The highest BCUT2D eigenvalue weighted by Crippen LogP contribution is 2.40. The second kappa shape index (κ2) is 14.3. The van der Waals surface area contributed by atoms with Gasteiger partial charge in [0, 0.05) is 19.3 Å². The van der Waals surface area contributed by atoms with Crippen LogP contribution in [0.1, 0.15) is 60.9 Å². The Morgan fingerprint density at radius 2 is 1.67 bits per heavy atom. The summed E-state index contributed by atoms with van der Waals surface area (Å²) >= 11 is 0. The Morgan fingerprint density at radius 1 is 1.04 bits per heavy atom. The number of halogens is 7. The minimum Gasteiger partial charge on any atom is -0.435 e. The zero-order valence-electron chi connectivity index (χ0n) is 25.0. The maximum absolute atomic E-state index is 13.9. The monoisotopic (exact) mass is 663 g/mol. The minimum absolute atomic E-state index is 0.0317. The fourth-order valence-corrected chi connectivity index (χ4v) is 5.08. The smallest absolute Gasteiger partial charge is 0.435 e. The van der Waals surface area contributed by atoms with Crippen molar-refractivity contribution in [1.29, 1.82) is 0 Å². The van der Waals surface area contributed by atoms with E-state index in [0.717, 1.165) is 0 Å². The van der Waals surface area contributed by atoms with Crippen molar-refractivity contribution >= 4 is 6.16 Å². The van der Waals surface area contributed by atoms with Gasteiger partial charge in [0.1, 0.15) is 11.9 Å². The van der Waals surface area contributed by atoms with E-state index in [1.165, 1.54) is 42.0 Å². The molecule has 3 aromatic rings. The highest BCUT2D eigenvalue weighted by atomic mass is 19.4. The SMILES string of the molecule is CCOC(=O)OC(C)Cn1c(CN2CCO[C@H](O[C@H](C)c3cc(C(F)(F)F)cc(C(F)(F)F)c3)[C@@H]2c2ccc(F)cc2)c[nH]c1=O. The average Bonchev–Trinajstić information content (AvgIpc) is 3.30. The summed E-state index contributed by atoms with van der Waals surface area (Å²) in [4.78, 5) is 28.8. The number of nitrogens with zero attached hydrogens (tertiary/aromatic N) is 2. The second-order valence-electron chi connectivity index (χ2n) is 10.6. The summed E-state index contributed by atoms with van der Waals surface area (Å²) in [5.74, 6) is -0.545. The van der Waals surface area contributed by atoms with Crippen LogP contribution >= 0.6 is 0 Å². The Hall–Kier alpha value is -3.89. The van der Waals surface area contributed by atoms with Gasteiger partial charge in [0.15, 0.2) is 6.29 Å². The number of morpholine rings is 1. The molecule has 0 bridgehead atoms. The lowest BCUT2D eigenvalue weighted by molar-refractivity contribution is -0.231. The molecule has 0 saturated carbocycles. The molecule has 0 amide bonds. The summed E-state index contributed by atoms with van der Waals surface area (Å²) < 4.78 is 118. The van der Waals surface area contributed by atoms with Gasteiger partial charge in [0.25, 0.3) is 0 Å². The molecule has 1 saturated heterocycles. The fraction of sp³-hybridized carbons (Fsp3) is 0.467. The highest BCUT2D eigenvalue weighted by Gasteiger charge is 2.39. The van der Waals surface area contributed by atoms with Crippen LogP contribution in [0, 0.1) is 5.82 Å². The molecule has 1 aliphatic heterocycles. The second-order valence-corrected chi connectivity index (χ2v) is 10.6. The third-order valence-electron chi connectivity index (χ3n) is 7.26. The Labute approximate surface area is 258 Å². The largest absolute Gasteiger partial charge is 0.508 e. The zero-order valence-corrected chi connectivity index (χ0v) is 25.0. The van der Waals surface area contributed by atoms with Crippen LogP contribution in [-0.4, -0.2) is 52.8 Å². The van der Waals surface area contributed by atoms with Gasteiger partial charge in [0.05, 0.1) is 48.7 Å². The van der Waals surface area contributed by atoms with E-state index < -0.39 is 65.7 Å². The van der Waals surface area contributed by atoms with Crippen molar-refractivity contribution in [1.82, 2.24) is 14.5 Å². The number of carbonyl (C=O) groups is 1. The number of hydrogen-bond acceptors (Lipinski definition) is 7. The lowest BCUT2D eigenvalue weighted by Crippen LogP contribution is -2.46. The molecule has 252 valence electrons. The molecule has 1 aromatic heterocycles. The third-order valence-corrected chi connectivity index (χ3v) is 7.26. The molecule has 0 radical (unpaired) electrons. The molecule has 0 aliphatic carbocycles. The summed E-state index contributed by atoms with van der Waals surface area (Å²) in [7, 11) is 0. The van der Waals surface area contributed by atoms with Gasteiger partial charge >= 0.3 is 24.2 Å². The number of rotatable bonds is 10. The Morgan fingerprint density at radius 3 is 2.26 bits per heavy atom. The van der Waals surface area contributed by atoms with E-state index in [1.54, 1.807) is 13.8 Å². The standard InChI is InChI=1S/C30H32F7N3O6/c1-4-43-28(42)45-17(2)15-40-24(14-38-27(40)41)16-39-9-10-44-26(25(39)19-5-7-23(31)8-6-19)46-18(3)20-11-21(29(32,33)34)13-22(12-20)30(35,36)37/h5-8,11-14,17-18,25-26H,4,9-10,15-16H2,1-3H3,(H,38,41)/t17?,18-,25+,26-/m1/s1. The van der Waals surface area contributed by atoms with Crippen LogP contribution in [-0.2, 0) is 44.4 Å². The highest BCUT2D eigenvalue weighted by molar-refractivity contribution is 5.59. The minimum atomic E-state index is -5.05. The number of nitrogens with one attached hydrogen (secondary N) is 1. The summed E-state index contributed by atoms with van der Waals surface area (Å²) in [5.41, 5.74) is -2.91. The van der Waals surface area contributed by atoms with E-state index in [1.807, 2.05) is 4.90 Å². The molecule has 4 rings (SSSR count). The Balaban J connectivity index is 1.64. The summed E-state index contributed by atoms with van der Waals surface area (Å²) in [6.07, 6.45) is -12.8. The van der Waals surface area contributed by atoms with E-state index in [4.69, 9.17) is 18.9 Å². The third kappa shape index (κ3) is 8.67. The number of benzene rings is 2.